The lowest BCUT2D eigenvalue weighted by atomic mass is 10.2. The van der Waals surface area contributed by atoms with Crippen LogP contribution < -0.4 is 0 Å². The lowest BCUT2D eigenvalue weighted by Crippen LogP contribution is -2.27. The van der Waals surface area contributed by atoms with Crippen LogP contribution in [0.4, 0.5) is 0 Å². The van der Waals surface area contributed by atoms with Crippen LogP contribution in [0.2, 0.25) is 0 Å². The van der Waals surface area contributed by atoms with Gasteiger partial charge in [0.2, 0.25) is 0 Å². The summed E-state index contributed by atoms with van der Waals surface area (Å²) >= 11 is 0. The van der Waals surface area contributed by atoms with Crippen molar-refractivity contribution < 1.29 is 9.53 Å². The van der Waals surface area contributed by atoms with E-state index in [9.17, 15) is 4.79 Å². The zero-order valence-electron chi connectivity index (χ0n) is 7.63. The third-order valence-corrected chi connectivity index (χ3v) is 2.04. The van der Waals surface area contributed by atoms with Gasteiger partial charge in [-0.05, 0) is 26.2 Å². The normalized spacial score (nSPS) is 27.5. The van der Waals surface area contributed by atoms with E-state index in [1.165, 1.54) is 0 Å². The molecule has 0 heterocycles. The average molecular weight is 167 g/mol. The molecule has 1 rings (SSSR count). The third-order valence-electron chi connectivity index (χ3n) is 2.04. The Kier molecular flexibility index (Phi) is 2.10. The fourth-order valence-electron chi connectivity index (χ4n) is 1.00. The second-order valence-electron chi connectivity index (χ2n) is 3.86. The van der Waals surface area contributed by atoms with Crippen LogP contribution in [0.15, 0.2) is 0 Å². The van der Waals surface area contributed by atoms with Crippen LogP contribution in [0.3, 0.4) is 0 Å². The number of carbonyl (C=O) groups excluding carboxylic acids is 1. The molecule has 3 nitrogen and oxygen atoms in total. The highest BCUT2D eigenvalue weighted by atomic mass is 16.6. The van der Waals surface area contributed by atoms with Crippen LogP contribution in [0.25, 0.3) is 0 Å². The van der Waals surface area contributed by atoms with Gasteiger partial charge in [0.25, 0.3) is 0 Å². The lowest BCUT2D eigenvalue weighted by Gasteiger charge is -2.16. The first kappa shape index (κ1) is 9.05. The lowest BCUT2D eigenvalue weighted by molar-refractivity contribution is -0.153. The Hall–Kier alpha value is -1.04. The maximum Gasteiger partial charge on any atom is 0.310 e. The van der Waals surface area contributed by atoms with E-state index in [0.29, 0.717) is 5.92 Å². The molecule has 1 aliphatic rings. The van der Waals surface area contributed by atoms with Gasteiger partial charge in [0.15, 0.2) is 5.60 Å². The van der Waals surface area contributed by atoms with Crippen LogP contribution in [0, 0.1) is 23.2 Å². The SMILES string of the molecule is CC1CC1C(=O)OC(C)(C)C#N. The average Bonchev–Trinajstić information content (AvgIpc) is 2.66. The van der Waals surface area contributed by atoms with Crippen molar-refractivity contribution in [3.05, 3.63) is 0 Å². The Labute approximate surface area is 72.3 Å². The molecular formula is C9H13NO2. The van der Waals surface area contributed by atoms with Gasteiger partial charge >= 0.3 is 5.97 Å². The highest BCUT2D eigenvalue weighted by Crippen LogP contribution is 2.39. The molecule has 0 saturated heterocycles. The number of hydrogen-bond donors (Lipinski definition) is 0. The standard InChI is InChI=1S/C9H13NO2/c1-6-4-7(6)8(11)12-9(2,3)5-10/h6-7H,4H2,1-3H3. The maximum absolute atomic E-state index is 11.2. The van der Waals surface area contributed by atoms with E-state index < -0.39 is 5.60 Å². The number of ether oxygens (including phenoxy) is 1. The molecular weight excluding hydrogens is 154 g/mol. The molecule has 0 radical (unpaired) electrons. The Bertz CT molecular complexity index is 239. The number of nitrogens with zero attached hydrogens (tertiary/aromatic N) is 1. The Morgan fingerprint density at radius 3 is 2.50 bits per heavy atom. The van der Waals surface area contributed by atoms with Crippen molar-refractivity contribution in [2.24, 2.45) is 11.8 Å². The summed E-state index contributed by atoms with van der Waals surface area (Å²) in [5.41, 5.74) is -0.973. The molecule has 66 valence electrons. The van der Waals surface area contributed by atoms with Crippen LogP contribution >= 0.6 is 0 Å². The van der Waals surface area contributed by atoms with Crippen molar-refractivity contribution in [1.29, 1.82) is 5.26 Å². The smallest absolute Gasteiger partial charge is 0.310 e. The number of nitriles is 1. The third kappa shape index (κ3) is 1.97. The van der Waals surface area contributed by atoms with Crippen LogP contribution in [0.5, 0.6) is 0 Å². The van der Waals surface area contributed by atoms with E-state index >= 15 is 0 Å². The van der Waals surface area contributed by atoms with Gasteiger partial charge in [-0.15, -0.1) is 0 Å². The Morgan fingerprint density at radius 1 is 1.67 bits per heavy atom. The number of hydrogen-bond acceptors (Lipinski definition) is 3. The quantitative estimate of drug-likeness (QED) is 0.585. The van der Waals surface area contributed by atoms with E-state index in [0.717, 1.165) is 6.42 Å². The van der Waals surface area contributed by atoms with Gasteiger partial charge in [-0.25, -0.2) is 0 Å². The van der Waals surface area contributed by atoms with Gasteiger partial charge in [-0.1, -0.05) is 6.92 Å². The topological polar surface area (TPSA) is 50.1 Å². The summed E-state index contributed by atoms with van der Waals surface area (Å²) in [4.78, 5) is 11.2. The molecule has 0 bridgehead atoms. The first-order chi connectivity index (χ1) is 5.46. The van der Waals surface area contributed by atoms with Gasteiger partial charge in [-0.3, -0.25) is 4.79 Å². The molecule has 0 spiro atoms. The maximum atomic E-state index is 11.2. The summed E-state index contributed by atoms with van der Waals surface area (Å²) in [6, 6.07) is 1.93. The molecule has 0 amide bonds. The van der Waals surface area contributed by atoms with Crippen molar-refractivity contribution in [1.82, 2.24) is 0 Å². The minimum Gasteiger partial charge on any atom is -0.444 e. The molecule has 1 aliphatic carbocycles. The highest BCUT2D eigenvalue weighted by molar-refractivity contribution is 5.76. The molecule has 0 aliphatic heterocycles. The molecule has 1 fully saturated rings. The highest BCUT2D eigenvalue weighted by Gasteiger charge is 2.42. The summed E-state index contributed by atoms with van der Waals surface area (Å²) in [6.07, 6.45) is 0.903. The summed E-state index contributed by atoms with van der Waals surface area (Å²) in [6.45, 7) is 5.20. The molecule has 0 aromatic rings. The Morgan fingerprint density at radius 2 is 2.17 bits per heavy atom. The van der Waals surface area contributed by atoms with E-state index in [1.54, 1.807) is 13.8 Å². The van der Waals surface area contributed by atoms with Crippen molar-refractivity contribution in [3.8, 4) is 6.07 Å². The number of esters is 1. The second-order valence-corrected chi connectivity index (χ2v) is 3.86. The molecule has 3 heteroatoms. The van der Waals surface area contributed by atoms with Crippen molar-refractivity contribution in [2.45, 2.75) is 32.8 Å². The van der Waals surface area contributed by atoms with E-state index in [4.69, 9.17) is 10.00 Å². The molecule has 12 heavy (non-hydrogen) atoms. The first-order valence-electron chi connectivity index (χ1n) is 4.10. The van der Waals surface area contributed by atoms with E-state index in [2.05, 4.69) is 0 Å². The second kappa shape index (κ2) is 2.78. The monoisotopic (exact) mass is 167 g/mol. The van der Waals surface area contributed by atoms with Gasteiger partial charge < -0.3 is 4.74 Å². The molecule has 2 atom stereocenters. The molecule has 1 saturated carbocycles. The molecule has 2 unspecified atom stereocenters. The predicted octanol–water partition coefficient (Wildman–Crippen LogP) is 1.49. The van der Waals surface area contributed by atoms with Gasteiger partial charge in [0.05, 0.1) is 5.92 Å². The number of rotatable bonds is 2. The molecule has 0 aromatic carbocycles. The van der Waals surface area contributed by atoms with Gasteiger partial charge in [0, 0.05) is 0 Å². The number of carbonyl (C=O) groups is 1. The van der Waals surface area contributed by atoms with Crippen molar-refractivity contribution in [3.63, 3.8) is 0 Å². The summed E-state index contributed by atoms with van der Waals surface area (Å²) in [5.74, 6) is 0.249. The predicted molar refractivity (Wildman–Crippen MR) is 43.1 cm³/mol. The Balaban J connectivity index is 2.43. The van der Waals surface area contributed by atoms with E-state index in [1.807, 2.05) is 13.0 Å². The fraction of sp³-hybridized carbons (Fsp3) is 0.778. The van der Waals surface area contributed by atoms with E-state index in [-0.39, 0.29) is 11.9 Å². The summed E-state index contributed by atoms with van der Waals surface area (Å²) in [7, 11) is 0. The van der Waals surface area contributed by atoms with Crippen LogP contribution in [-0.2, 0) is 9.53 Å². The van der Waals surface area contributed by atoms with Crippen molar-refractivity contribution in [2.75, 3.05) is 0 Å². The fourth-order valence-corrected chi connectivity index (χ4v) is 1.00. The molecule has 0 N–H and O–H groups in total. The minimum atomic E-state index is -0.973. The summed E-state index contributed by atoms with van der Waals surface area (Å²) < 4.78 is 4.98. The van der Waals surface area contributed by atoms with Crippen LogP contribution in [-0.4, -0.2) is 11.6 Å². The van der Waals surface area contributed by atoms with Gasteiger partial charge in [0.1, 0.15) is 6.07 Å². The summed E-state index contributed by atoms with van der Waals surface area (Å²) in [5, 5.41) is 8.58. The minimum absolute atomic E-state index is 0.0395. The zero-order chi connectivity index (χ0) is 9.35. The van der Waals surface area contributed by atoms with Gasteiger partial charge in [-0.2, -0.15) is 5.26 Å². The molecule has 0 aromatic heterocycles. The first-order valence-corrected chi connectivity index (χ1v) is 4.10. The van der Waals surface area contributed by atoms with Crippen LogP contribution in [0.1, 0.15) is 27.2 Å². The van der Waals surface area contributed by atoms with Crippen molar-refractivity contribution >= 4 is 5.97 Å². The zero-order valence-corrected chi connectivity index (χ0v) is 7.63. The largest absolute Gasteiger partial charge is 0.444 e.